The lowest BCUT2D eigenvalue weighted by Crippen LogP contribution is -2.44. The van der Waals surface area contributed by atoms with Crippen LogP contribution < -0.4 is 4.74 Å². The summed E-state index contributed by atoms with van der Waals surface area (Å²) in [6.45, 7) is 7.50. The Morgan fingerprint density at radius 2 is 1.79 bits per heavy atom. The van der Waals surface area contributed by atoms with Crippen molar-refractivity contribution >= 4 is 23.0 Å². The first-order valence-electron chi connectivity index (χ1n) is 11.2. The number of hydrogen-bond donors (Lipinski definition) is 0. The fourth-order valence-electron chi connectivity index (χ4n) is 3.94. The molecule has 8 nitrogen and oxygen atoms in total. The molecule has 34 heavy (non-hydrogen) atoms. The smallest absolute Gasteiger partial charge is 0.411 e. The van der Waals surface area contributed by atoms with E-state index < -0.39 is 29.8 Å². The fourth-order valence-corrected chi connectivity index (χ4v) is 3.94. The molecule has 0 radical (unpaired) electrons. The molecule has 0 spiro atoms. The Bertz CT molecular complexity index is 1210. The molecule has 1 saturated heterocycles. The van der Waals surface area contributed by atoms with Gasteiger partial charge in [-0.25, -0.2) is 14.6 Å². The molecule has 0 saturated carbocycles. The zero-order valence-corrected chi connectivity index (χ0v) is 20.1. The molecule has 1 fully saturated rings. The van der Waals surface area contributed by atoms with Gasteiger partial charge in [0.2, 0.25) is 5.88 Å². The van der Waals surface area contributed by atoms with Gasteiger partial charge in [-0.1, -0.05) is 42.0 Å². The molecular weight excluding hydrogens is 434 g/mol. The molecule has 0 aliphatic carbocycles. The van der Waals surface area contributed by atoms with Crippen LogP contribution >= 0.6 is 0 Å². The van der Waals surface area contributed by atoms with Gasteiger partial charge in [-0.15, -0.1) is 0 Å². The Morgan fingerprint density at radius 1 is 1.06 bits per heavy atom. The molecule has 1 amide bonds. The third-order valence-electron chi connectivity index (χ3n) is 5.49. The van der Waals surface area contributed by atoms with Crippen molar-refractivity contribution in [1.82, 2.24) is 14.9 Å². The van der Waals surface area contributed by atoms with Crippen LogP contribution in [0.1, 0.15) is 32.8 Å². The molecule has 1 aromatic heterocycles. The number of carbonyl (C=O) groups is 2. The minimum absolute atomic E-state index is 0.173. The maximum Gasteiger partial charge on any atom is 0.411 e. The lowest BCUT2D eigenvalue weighted by molar-refractivity contribution is -0.145. The second-order valence-electron chi connectivity index (χ2n) is 9.39. The molecule has 4 rings (SSSR count). The Labute approximate surface area is 198 Å². The highest BCUT2D eigenvalue weighted by Gasteiger charge is 2.43. The molecule has 2 atom stereocenters. The molecule has 2 heterocycles. The number of hydrogen-bond acceptors (Lipinski definition) is 7. The van der Waals surface area contributed by atoms with Crippen LogP contribution in [0, 0.1) is 6.92 Å². The Kier molecular flexibility index (Phi) is 6.41. The average molecular weight is 464 g/mol. The normalized spacial score (nSPS) is 18.1. The lowest BCUT2D eigenvalue weighted by atomic mass is 10.1. The summed E-state index contributed by atoms with van der Waals surface area (Å²) in [4.78, 5) is 36.0. The number of esters is 1. The second-order valence-corrected chi connectivity index (χ2v) is 9.39. The van der Waals surface area contributed by atoms with Gasteiger partial charge in [-0.2, -0.15) is 4.98 Å². The quantitative estimate of drug-likeness (QED) is 0.525. The second kappa shape index (κ2) is 9.29. The predicted molar refractivity (Wildman–Crippen MR) is 127 cm³/mol. The summed E-state index contributed by atoms with van der Waals surface area (Å²) in [5.41, 5.74) is 1.97. The van der Waals surface area contributed by atoms with Gasteiger partial charge in [0.1, 0.15) is 17.7 Å². The number of benzene rings is 2. The third-order valence-corrected chi connectivity index (χ3v) is 5.49. The Morgan fingerprint density at radius 3 is 2.47 bits per heavy atom. The molecule has 1 aliphatic heterocycles. The van der Waals surface area contributed by atoms with Crippen LogP contribution in [-0.4, -0.2) is 58.3 Å². The number of fused-ring (bicyclic) bond motifs is 1. The van der Waals surface area contributed by atoms with Crippen LogP contribution in [-0.2, 0) is 14.3 Å². The topological polar surface area (TPSA) is 90.9 Å². The van der Waals surface area contributed by atoms with Crippen LogP contribution in [0.3, 0.4) is 0 Å². The van der Waals surface area contributed by atoms with Gasteiger partial charge in [0.05, 0.1) is 24.6 Å². The predicted octanol–water partition coefficient (Wildman–Crippen LogP) is 4.54. The number of ether oxygens (including phenoxy) is 3. The molecule has 8 heteroatoms. The summed E-state index contributed by atoms with van der Waals surface area (Å²) < 4.78 is 16.8. The molecule has 0 N–H and O–H groups in total. The average Bonchev–Trinajstić information content (AvgIpc) is 3.22. The zero-order chi connectivity index (χ0) is 24.5. The number of rotatable bonds is 4. The van der Waals surface area contributed by atoms with Crippen molar-refractivity contribution in [3.8, 4) is 17.3 Å². The molecule has 1 unspecified atom stereocenters. The van der Waals surface area contributed by atoms with Crippen molar-refractivity contribution in [3.05, 3.63) is 54.1 Å². The number of aromatic nitrogens is 2. The van der Waals surface area contributed by atoms with Gasteiger partial charge >= 0.3 is 12.1 Å². The van der Waals surface area contributed by atoms with E-state index in [4.69, 9.17) is 24.2 Å². The molecule has 2 aromatic carbocycles. The van der Waals surface area contributed by atoms with Crippen molar-refractivity contribution in [2.75, 3.05) is 13.7 Å². The minimum atomic E-state index is -0.798. The van der Waals surface area contributed by atoms with Crippen molar-refractivity contribution in [2.24, 2.45) is 0 Å². The van der Waals surface area contributed by atoms with E-state index >= 15 is 0 Å². The van der Waals surface area contributed by atoms with Crippen molar-refractivity contribution in [3.63, 3.8) is 0 Å². The van der Waals surface area contributed by atoms with E-state index in [2.05, 4.69) is 0 Å². The zero-order valence-electron chi connectivity index (χ0n) is 20.1. The number of nitrogens with zero attached hydrogens (tertiary/aromatic N) is 3. The maximum atomic E-state index is 12.8. The maximum absolute atomic E-state index is 12.8. The van der Waals surface area contributed by atoms with E-state index in [0.29, 0.717) is 11.7 Å². The Hall–Kier alpha value is -3.68. The number of aryl methyl sites for hydroxylation is 1. The molecule has 3 aromatic rings. The van der Waals surface area contributed by atoms with Gasteiger partial charge in [-0.05, 0) is 39.8 Å². The summed E-state index contributed by atoms with van der Waals surface area (Å²) >= 11 is 0. The first kappa shape index (κ1) is 23.5. The molecule has 178 valence electrons. The van der Waals surface area contributed by atoms with Gasteiger partial charge in [-0.3, -0.25) is 4.90 Å². The standard InChI is InChI=1S/C26H29N3O5/c1-16-11-12-20-19(13-16)23(28-22(27-20)17-9-7-6-8-10-17)33-18-14-21(24(30)32-5)29(15-18)25(31)34-26(2,3)4/h6-13,18,21H,14-15H2,1-5H3/t18-,21?/m1/s1. The SMILES string of the molecule is COC(=O)C1C[C@@H](Oc2nc(-c3ccccc3)nc3ccc(C)cc23)CN1C(=O)OC(C)(C)C. The number of methoxy groups -OCH3 is 1. The number of amides is 1. The highest BCUT2D eigenvalue weighted by molar-refractivity contribution is 5.86. The number of likely N-dealkylation sites (tertiary alicyclic amines) is 1. The molecule has 0 bridgehead atoms. The third kappa shape index (κ3) is 5.11. The van der Waals surface area contributed by atoms with Crippen LogP contribution in [0.25, 0.3) is 22.3 Å². The lowest BCUT2D eigenvalue weighted by Gasteiger charge is -2.27. The van der Waals surface area contributed by atoms with Crippen LogP contribution in [0.2, 0.25) is 0 Å². The summed E-state index contributed by atoms with van der Waals surface area (Å²) in [7, 11) is 1.30. The van der Waals surface area contributed by atoms with E-state index in [0.717, 1.165) is 22.0 Å². The summed E-state index contributed by atoms with van der Waals surface area (Å²) in [6, 6.07) is 14.8. The minimum Gasteiger partial charge on any atom is -0.472 e. The molecule has 1 aliphatic rings. The summed E-state index contributed by atoms with van der Waals surface area (Å²) in [6.07, 6.45) is -0.787. The number of carbonyl (C=O) groups excluding carboxylic acids is 2. The van der Waals surface area contributed by atoms with E-state index in [1.807, 2.05) is 55.5 Å². The van der Waals surface area contributed by atoms with E-state index in [1.165, 1.54) is 12.0 Å². The van der Waals surface area contributed by atoms with Crippen molar-refractivity contribution in [1.29, 1.82) is 0 Å². The van der Waals surface area contributed by atoms with Crippen LogP contribution in [0.5, 0.6) is 5.88 Å². The van der Waals surface area contributed by atoms with Gasteiger partial charge in [0, 0.05) is 12.0 Å². The van der Waals surface area contributed by atoms with Gasteiger partial charge in [0.25, 0.3) is 0 Å². The van der Waals surface area contributed by atoms with E-state index in [-0.39, 0.29) is 13.0 Å². The Balaban J connectivity index is 1.67. The molecular formula is C26H29N3O5. The van der Waals surface area contributed by atoms with Gasteiger partial charge < -0.3 is 14.2 Å². The van der Waals surface area contributed by atoms with Crippen molar-refractivity contribution < 1.29 is 23.8 Å². The highest BCUT2D eigenvalue weighted by Crippen LogP contribution is 2.31. The summed E-state index contributed by atoms with van der Waals surface area (Å²) in [5, 5.41) is 0.769. The largest absolute Gasteiger partial charge is 0.472 e. The fraction of sp³-hybridized carbons (Fsp3) is 0.385. The first-order chi connectivity index (χ1) is 16.1. The van der Waals surface area contributed by atoms with E-state index in [9.17, 15) is 9.59 Å². The highest BCUT2D eigenvalue weighted by atomic mass is 16.6. The first-order valence-corrected chi connectivity index (χ1v) is 11.2. The van der Waals surface area contributed by atoms with Crippen LogP contribution in [0.15, 0.2) is 48.5 Å². The monoisotopic (exact) mass is 463 g/mol. The van der Waals surface area contributed by atoms with Crippen LogP contribution in [0.4, 0.5) is 4.79 Å². The van der Waals surface area contributed by atoms with Gasteiger partial charge in [0.15, 0.2) is 5.82 Å². The van der Waals surface area contributed by atoms with E-state index in [1.54, 1.807) is 20.8 Å². The van der Waals surface area contributed by atoms with Crippen molar-refractivity contribution in [2.45, 2.75) is 51.9 Å². The summed E-state index contributed by atoms with van der Waals surface area (Å²) in [5.74, 6) is 0.441.